The molecule has 2 amide bonds. The average Bonchev–Trinajstić information content (AvgIpc) is 3.15. The van der Waals surface area contributed by atoms with Crippen LogP contribution in [0.2, 0.25) is 0 Å². The third kappa shape index (κ3) is 5.05. The number of nitrogens with zero attached hydrogens (tertiary/aromatic N) is 1. The van der Waals surface area contributed by atoms with E-state index in [9.17, 15) is 9.00 Å². The van der Waals surface area contributed by atoms with Crippen molar-refractivity contribution in [1.29, 1.82) is 0 Å². The van der Waals surface area contributed by atoms with E-state index in [-0.39, 0.29) is 16.8 Å². The van der Waals surface area contributed by atoms with E-state index in [2.05, 4.69) is 15.6 Å². The molecule has 2 atom stereocenters. The Balaban J connectivity index is 1.72. The minimum atomic E-state index is -0.951. The molecular weight excluding hydrogens is 318 g/mol. The summed E-state index contributed by atoms with van der Waals surface area (Å²) in [4.78, 5) is 16.5. The number of carbonyl (C=O) groups is 1. The first-order valence-electron chi connectivity index (χ1n) is 7.65. The Morgan fingerprint density at radius 3 is 2.77 bits per heavy atom. The van der Waals surface area contributed by atoms with E-state index in [1.807, 2.05) is 33.1 Å². The van der Waals surface area contributed by atoms with Gasteiger partial charge in [-0.15, -0.1) is 11.3 Å². The third-order valence-corrected chi connectivity index (χ3v) is 6.48. The van der Waals surface area contributed by atoms with Crippen molar-refractivity contribution in [1.82, 2.24) is 15.6 Å². The molecule has 22 heavy (non-hydrogen) atoms. The predicted molar refractivity (Wildman–Crippen MR) is 91.8 cm³/mol. The molecule has 5 nitrogen and oxygen atoms in total. The molecule has 0 aliphatic heterocycles. The smallest absolute Gasteiger partial charge is 0.315 e. The Labute approximate surface area is 138 Å². The number of thiazole rings is 1. The van der Waals surface area contributed by atoms with Crippen molar-refractivity contribution in [3.63, 3.8) is 0 Å². The van der Waals surface area contributed by atoms with Crippen LogP contribution in [0.4, 0.5) is 4.79 Å². The van der Waals surface area contributed by atoms with E-state index in [4.69, 9.17) is 0 Å². The number of hydrogen-bond donors (Lipinski definition) is 2. The molecule has 124 valence electrons. The Kier molecular flexibility index (Phi) is 5.60. The molecule has 0 saturated heterocycles. The van der Waals surface area contributed by atoms with Gasteiger partial charge in [0.2, 0.25) is 0 Å². The highest BCUT2D eigenvalue weighted by atomic mass is 32.2. The summed E-state index contributed by atoms with van der Waals surface area (Å²) >= 11 is 1.68. The van der Waals surface area contributed by atoms with Gasteiger partial charge in [0.1, 0.15) is 0 Å². The molecule has 1 heterocycles. The highest BCUT2D eigenvalue weighted by Gasteiger charge is 2.27. The summed E-state index contributed by atoms with van der Waals surface area (Å²) in [6, 6.07) is -0.351. The van der Waals surface area contributed by atoms with Crippen molar-refractivity contribution in [2.45, 2.75) is 57.2 Å². The zero-order valence-corrected chi connectivity index (χ0v) is 15.3. The normalized spacial score (nSPS) is 17.8. The largest absolute Gasteiger partial charge is 0.337 e. The lowest BCUT2D eigenvalue weighted by molar-refractivity contribution is 0.238. The summed E-state index contributed by atoms with van der Waals surface area (Å²) in [5.74, 6) is 1.11. The van der Waals surface area contributed by atoms with E-state index in [0.29, 0.717) is 18.2 Å². The molecule has 2 rings (SSSR count). The molecule has 0 aromatic carbocycles. The Bertz CT molecular complexity index is 547. The van der Waals surface area contributed by atoms with Crippen LogP contribution in [0, 0.1) is 0 Å². The highest BCUT2D eigenvalue weighted by Crippen LogP contribution is 2.41. The van der Waals surface area contributed by atoms with Crippen molar-refractivity contribution < 1.29 is 9.00 Å². The van der Waals surface area contributed by atoms with Crippen molar-refractivity contribution in [3.05, 3.63) is 16.1 Å². The summed E-state index contributed by atoms with van der Waals surface area (Å²) < 4.78 is 11.6. The number of nitrogens with one attached hydrogen (secondary N) is 2. The van der Waals surface area contributed by atoms with Crippen LogP contribution in [-0.2, 0) is 10.8 Å². The topological polar surface area (TPSA) is 71.1 Å². The van der Waals surface area contributed by atoms with Gasteiger partial charge in [-0.25, -0.2) is 9.78 Å². The summed E-state index contributed by atoms with van der Waals surface area (Å²) in [5.41, 5.74) is 0.917. The second-order valence-corrected chi connectivity index (χ2v) is 9.88. The molecular formula is C15H25N3O2S2. The molecule has 1 saturated carbocycles. The van der Waals surface area contributed by atoms with Crippen LogP contribution in [-0.4, -0.2) is 32.3 Å². The Morgan fingerprint density at radius 1 is 1.50 bits per heavy atom. The number of amides is 2. The van der Waals surface area contributed by atoms with Crippen molar-refractivity contribution >= 4 is 28.2 Å². The highest BCUT2D eigenvalue weighted by molar-refractivity contribution is 7.86. The SMILES string of the molecule is CC(NC(=O)NCCS(=O)C(C)(C)C)c1csc(C2CC2)n1. The second kappa shape index (κ2) is 7.08. The summed E-state index contributed by atoms with van der Waals surface area (Å²) in [7, 11) is -0.951. The average molecular weight is 344 g/mol. The van der Waals surface area contributed by atoms with Gasteiger partial charge in [-0.3, -0.25) is 4.21 Å². The van der Waals surface area contributed by atoms with Gasteiger partial charge in [-0.05, 0) is 40.5 Å². The van der Waals surface area contributed by atoms with Gasteiger partial charge in [0.15, 0.2) is 0 Å². The van der Waals surface area contributed by atoms with E-state index < -0.39 is 10.8 Å². The van der Waals surface area contributed by atoms with Gasteiger partial charge in [-0.2, -0.15) is 0 Å². The molecule has 0 bridgehead atoms. The molecule has 2 N–H and O–H groups in total. The van der Waals surface area contributed by atoms with Crippen molar-refractivity contribution in [3.8, 4) is 0 Å². The van der Waals surface area contributed by atoms with Gasteiger partial charge in [0.25, 0.3) is 0 Å². The number of urea groups is 1. The zero-order chi connectivity index (χ0) is 16.3. The molecule has 0 spiro atoms. The number of carbonyl (C=O) groups excluding carboxylic acids is 1. The van der Waals surface area contributed by atoms with Gasteiger partial charge in [0.05, 0.1) is 16.7 Å². The lowest BCUT2D eigenvalue weighted by Gasteiger charge is -2.18. The molecule has 1 aromatic heterocycles. The van der Waals surface area contributed by atoms with Crippen molar-refractivity contribution in [2.24, 2.45) is 0 Å². The van der Waals surface area contributed by atoms with Crippen LogP contribution in [0.25, 0.3) is 0 Å². The lowest BCUT2D eigenvalue weighted by atomic mass is 10.2. The Morgan fingerprint density at radius 2 is 2.18 bits per heavy atom. The standard InChI is InChI=1S/C15H25N3O2S2/c1-10(12-9-21-13(18-12)11-5-6-11)17-14(19)16-7-8-22(20)15(2,3)4/h9-11H,5-8H2,1-4H3,(H2,16,17,19). The molecule has 2 unspecified atom stereocenters. The van der Waals surface area contributed by atoms with Crippen LogP contribution < -0.4 is 10.6 Å². The van der Waals surface area contributed by atoms with Crippen LogP contribution >= 0.6 is 11.3 Å². The predicted octanol–water partition coefficient (Wildman–Crippen LogP) is 2.93. The third-order valence-electron chi connectivity index (χ3n) is 3.51. The monoisotopic (exact) mass is 343 g/mol. The zero-order valence-electron chi connectivity index (χ0n) is 13.6. The number of rotatable bonds is 6. The molecule has 0 radical (unpaired) electrons. The first kappa shape index (κ1) is 17.4. The summed E-state index contributed by atoms with van der Waals surface area (Å²) in [6.07, 6.45) is 2.47. The minimum Gasteiger partial charge on any atom is -0.337 e. The van der Waals surface area contributed by atoms with Crippen LogP contribution in [0.1, 0.15) is 63.2 Å². The van der Waals surface area contributed by atoms with E-state index in [1.54, 1.807) is 11.3 Å². The fourth-order valence-corrected chi connectivity index (χ4v) is 3.89. The van der Waals surface area contributed by atoms with Gasteiger partial charge in [0, 0.05) is 39.1 Å². The first-order chi connectivity index (χ1) is 10.3. The maximum absolute atomic E-state index is 11.9. The van der Waals surface area contributed by atoms with Crippen molar-refractivity contribution in [2.75, 3.05) is 12.3 Å². The number of hydrogen-bond acceptors (Lipinski definition) is 4. The molecule has 1 fully saturated rings. The second-order valence-electron chi connectivity index (χ2n) is 6.67. The molecule has 7 heteroatoms. The molecule has 1 aromatic rings. The first-order valence-corrected chi connectivity index (χ1v) is 9.85. The number of aromatic nitrogens is 1. The summed E-state index contributed by atoms with van der Waals surface area (Å²) in [6.45, 7) is 8.15. The van der Waals surface area contributed by atoms with E-state index >= 15 is 0 Å². The lowest BCUT2D eigenvalue weighted by Crippen LogP contribution is -2.40. The molecule has 1 aliphatic rings. The maximum atomic E-state index is 11.9. The van der Waals surface area contributed by atoms with Gasteiger partial charge < -0.3 is 10.6 Å². The van der Waals surface area contributed by atoms with Gasteiger partial charge >= 0.3 is 6.03 Å². The maximum Gasteiger partial charge on any atom is 0.315 e. The van der Waals surface area contributed by atoms with Crippen LogP contribution in [0.15, 0.2) is 5.38 Å². The fraction of sp³-hybridized carbons (Fsp3) is 0.733. The Hall–Kier alpha value is -0.950. The quantitative estimate of drug-likeness (QED) is 0.834. The minimum absolute atomic E-state index is 0.114. The van der Waals surface area contributed by atoms with E-state index in [0.717, 1.165) is 5.69 Å². The fourth-order valence-electron chi connectivity index (χ4n) is 1.90. The van der Waals surface area contributed by atoms with E-state index in [1.165, 1.54) is 17.8 Å². The summed E-state index contributed by atoms with van der Waals surface area (Å²) in [5, 5.41) is 8.84. The van der Waals surface area contributed by atoms with Crippen LogP contribution in [0.3, 0.4) is 0 Å². The van der Waals surface area contributed by atoms with Crippen LogP contribution in [0.5, 0.6) is 0 Å². The van der Waals surface area contributed by atoms with Gasteiger partial charge in [-0.1, -0.05) is 0 Å². The molecule has 1 aliphatic carbocycles.